The van der Waals surface area contributed by atoms with Gasteiger partial charge in [-0.15, -0.1) is 0 Å². The normalized spacial score (nSPS) is 18.4. The number of sulfonamides is 1. The van der Waals surface area contributed by atoms with Crippen molar-refractivity contribution < 1.29 is 18.6 Å². The molecule has 40 heavy (non-hydrogen) atoms. The molecule has 0 bridgehead atoms. The Labute approximate surface area is 237 Å². The second-order valence-corrected chi connectivity index (χ2v) is 12.2. The lowest BCUT2D eigenvalue weighted by atomic mass is 10.1. The first kappa shape index (κ1) is 30.6. The summed E-state index contributed by atoms with van der Waals surface area (Å²) in [6.07, 6.45) is 3.94. The van der Waals surface area contributed by atoms with Crippen LogP contribution < -0.4 is 19.4 Å². The van der Waals surface area contributed by atoms with Gasteiger partial charge in [0.05, 0.1) is 0 Å². The minimum atomic E-state index is -4.02. The lowest BCUT2D eigenvalue weighted by molar-refractivity contribution is 0.103. The van der Waals surface area contributed by atoms with Crippen LogP contribution in [0.2, 0.25) is 0 Å². The summed E-state index contributed by atoms with van der Waals surface area (Å²) in [5, 5.41) is 20.7. The van der Waals surface area contributed by atoms with E-state index in [1.807, 2.05) is 13.8 Å². The quantitative estimate of drug-likeness (QED) is 0.247. The third kappa shape index (κ3) is 6.90. The molecule has 4 heterocycles. The Hall–Kier alpha value is -2.39. The first-order valence-corrected chi connectivity index (χ1v) is 16.1. The smallest absolute Gasteiger partial charge is 0.276 e. The molecule has 14 heteroatoms. The van der Waals surface area contributed by atoms with Crippen LogP contribution in [0, 0.1) is 0 Å². The third-order valence-electron chi connectivity index (χ3n) is 7.68. The molecule has 224 valence electrons. The van der Waals surface area contributed by atoms with E-state index in [2.05, 4.69) is 29.4 Å². The summed E-state index contributed by atoms with van der Waals surface area (Å²) in [4.78, 5) is 26.4. The highest BCUT2D eigenvalue weighted by Gasteiger charge is 2.30. The number of piperidine rings is 2. The molecule has 13 nitrogen and oxygen atoms in total. The number of hydrogen-bond acceptors (Lipinski definition) is 12. The molecule has 0 aromatic carbocycles. The van der Waals surface area contributed by atoms with Crippen LogP contribution in [0.25, 0.3) is 11.0 Å². The summed E-state index contributed by atoms with van der Waals surface area (Å²) in [7, 11) is -4.02. The number of anilines is 3. The van der Waals surface area contributed by atoms with E-state index < -0.39 is 22.5 Å². The zero-order valence-electron chi connectivity index (χ0n) is 24.3. The lowest BCUT2D eigenvalue weighted by Crippen LogP contribution is -2.42. The van der Waals surface area contributed by atoms with Gasteiger partial charge in [0.15, 0.2) is 11.6 Å². The molecule has 0 radical (unpaired) electrons. The minimum absolute atomic E-state index is 0.146. The van der Waals surface area contributed by atoms with E-state index >= 15 is 0 Å². The van der Waals surface area contributed by atoms with E-state index in [0.717, 1.165) is 77.8 Å². The number of fused-ring (bicyclic) bond motifs is 1. The summed E-state index contributed by atoms with van der Waals surface area (Å²) in [5.74, 6) is 1.08. The Morgan fingerprint density at radius 3 is 1.80 bits per heavy atom. The zero-order chi connectivity index (χ0) is 28.9. The summed E-state index contributed by atoms with van der Waals surface area (Å²) < 4.78 is 29.7. The van der Waals surface area contributed by atoms with Crippen molar-refractivity contribution in [2.45, 2.75) is 83.8 Å². The number of nitrogens with zero attached hydrogens (tertiary/aromatic N) is 8. The molecular weight excluding hydrogens is 534 g/mol. The van der Waals surface area contributed by atoms with Crippen LogP contribution in [-0.2, 0) is 10.0 Å². The highest BCUT2D eigenvalue weighted by Crippen LogP contribution is 2.34. The molecule has 0 amide bonds. The fourth-order valence-corrected chi connectivity index (χ4v) is 6.34. The topological polar surface area (TPSA) is 151 Å². The average Bonchev–Trinajstić information content (AvgIpc) is 2.95. The molecular formula is C26H45N9O4S. The molecule has 0 saturated carbocycles. The van der Waals surface area contributed by atoms with Crippen molar-refractivity contribution in [3.05, 3.63) is 0 Å². The number of likely N-dealkylation sites (N-methyl/N-ethyl adjacent to an activating group) is 1. The molecule has 2 aromatic rings. The van der Waals surface area contributed by atoms with Crippen LogP contribution in [0.4, 0.5) is 17.6 Å². The number of aromatic nitrogens is 4. The molecule has 0 aliphatic carbocycles. The van der Waals surface area contributed by atoms with Crippen LogP contribution >= 0.6 is 0 Å². The van der Waals surface area contributed by atoms with Crippen molar-refractivity contribution in [2.75, 3.05) is 67.1 Å². The highest BCUT2D eigenvalue weighted by molar-refractivity contribution is 7.89. The van der Waals surface area contributed by atoms with Crippen molar-refractivity contribution in [1.29, 1.82) is 0 Å². The lowest BCUT2D eigenvalue weighted by Gasteiger charge is -2.33. The summed E-state index contributed by atoms with van der Waals surface area (Å²) in [6, 6.07) is 0. The van der Waals surface area contributed by atoms with Crippen LogP contribution in [0.3, 0.4) is 0 Å². The molecule has 2 unspecified atom stereocenters. The van der Waals surface area contributed by atoms with Gasteiger partial charge in [-0.2, -0.15) is 9.97 Å². The van der Waals surface area contributed by atoms with E-state index in [1.54, 1.807) is 13.8 Å². The predicted octanol–water partition coefficient (Wildman–Crippen LogP) is 1.50. The Kier molecular flexibility index (Phi) is 10.3. The number of aliphatic hydroxyl groups excluding tert-OH is 2. The standard InChI is InChI=1S/C26H45N9O4S/c1-5-32(6-2)18-13-27-40(38,39)26-29-22-21(24(31-26)34-16-11-8-12-17-34)28-25(35(19(3)36)20(4)37)30-23(22)33-14-9-7-10-15-33/h19-20,27,36-37H,5-18H2,1-4H3. The molecule has 0 spiro atoms. The van der Waals surface area contributed by atoms with Crippen LogP contribution in [0.1, 0.15) is 66.2 Å². The van der Waals surface area contributed by atoms with Crippen LogP contribution in [-0.4, -0.2) is 108 Å². The fraction of sp³-hybridized carbons (Fsp3) is 0.769. The van der Waals surface area contributed by atoms with Crippen LogP contribution in [0.15, 0.2) is 5.16 Å². The molecule has 2 aromatic heterocycles. The molecule has 4 rings (SSSR count). The van der Waals surface area contributed by atoms with E-state index in [4.69, 9.17) is 9.97 Å². The molecule has 2 atom stereocenters. The van der Waals surface area contributed by atoms with Crippen molar-refractivity contribution >= 4 is 38.6 Å². The molecule has 3 N–H and O–H groups in total. The van der Waals surface area contributed by atoms with E-state index in [0.29, 0.717) is 29.2 Å². The largest absolute Gasteiger partial charge is 0.374 e. The van der Waals surface area contributed by atoms with Crippen molar-refractivity contribution in [2.24, 2.45) is 0 Å². The molecule has 2 aliphatic heterocycles. The number of rotatable bonds is 12. The van der Waals surface area contributed by atoms with Crippen molar-refractivity contribution in [3.8, 4) is 0 Å². The van der Waals surface area contributed by atoms with E-state index in [-0.39, 0.29) is 17.6 Å². The molecule has 2 aliphatic rings. The molecule has 2 fully saturated rings. The van der Waals surface area contributed by atoms with Gasteiger partial charge < -0.3 is 24.9 Å². The maximum atomic E-state index is 13.5. The Bertz CT molecular complexity index is 1220. The van der Waals surface area contributed by atoms with Crippen LogP contribution in [0.5, 0.6) is 0 Å². The van der Waals surface area contributed by atoms with Crippen molar-refractivity contribution in [3.63, 3.8) is 0 Å². The first-order chi connectivity index (χ1) is 19.2. The number of hydrogen-bond donors (Lipinski definition) is 3. The second-order valence-electron chi connectivity index (χ2n) is 10.6. The monoisotopic (exact) mass is 579 g/mol. The maximum absolute atomic E-state index is 13.5. The van der Waals surface area contributed by atoms with Gasteiger partial charge in [-0.1, -0.05) is 13.8 Å². The van der Waals surface area contributed by atoms with Gasteiger partial charge in [0.2, 0.25) is 5.95 Å². The predicted molar refractivity (Wildman–Crippen MR) is 156 cm³/mol. The van der Waals surface area contributed by atoms with Gasteiger partial charge >= 0.3 is 0 Å². The Morgan fingerprint density at radius 1 is 0.800 bits per heavy atom. The van der Waals surface area contributed by atoms with Gasteiger partial charge in [0.1, 0.15) is 23.5 Å². The van der Waals surface area contributed by atoms with Gasteiger partial charge in [0, 0.05) is 39.3 Å². The van der Waals surface area contributed by atoms with Crippen molar-refractivity contribution in [1.82, 2.24) is 29.6 Å². The maximum Gasteiger partial charge on any atom is 0.276 e. The summed E-state index contributed by atoms with van der Waals surface area (Å²) in [5.41, 5.74) is 0.780. The SMILES string of the molecule is CCN(CC)CCNS(=O)(=O)c1nc(N2CCCCC2)c2nc(N(C(C)O)C(C)O)nc(N3CCCCC3)c2n1. The van der Waals surface area contributed by atoms with Gasteiger partial charge in [-0.3, -0.25) is 4.90 Å². The van der Waals surface area contributed by atoms with Gasteiger partial charge in [-0.05, 0) is 65.5 Å². The summed E-state index contributed by atoms with van der Waals surface area (Å²) >= 11 is 0. The first-order valence-electron chi connectivity index (χ1n) is 14.6. The summed E-state index contributed by atoms with van der Waals surface area (Å²) in [6.45, 7) is 12.6. The van der Waals surface area contributed by atoms with Gasteiger partial charge in [0.25, 0.3) is 15.2 Å². The van der Waals surface area contributed by atoms with Gasteiger partial charge in [-0.25, -0.2) is 23.1 Å². The Morgan fingerprint density at radius 2 is 1.30 bits per heavy atom. The zero-order valence-corrected chi connectivity index (χ0v) is 25.1. The molecule has 2 saturated heterocycles. The highest BCUT2D eigenvalue weighted by atomic mass is 32.2. The second kappa shape index (κ2) is 13.5. The fourth-order valence-electron chi connectivity index (χ4n) is 5.43. The Balaban J connectivity index is 1.89. The van der Waals surface area contributed by atoms with E-state index in [1.165, 1.54) is 4.90 Å². The third-order valence-corrected chi connectivity index (χ3v) is 8.92. The number of nitrogens with one attached hydrogen (secondary N) is 1. The number of aliphatic hydroxyl groups is 2. The average molecular weight is 580 g/mol. The minimum Gasteiger partial charge on any atom is -0.374 e. The van der Waals surface area contributed by atoms with E-state index in [9.17, 15) is 18.6 Å².